The average molecular weight is 471 g/mol. The fraction of sp³-hybridized carbons (Fsp3) is 0.474. The van der Waals surface area contributed by atoms with Gasteiger partial charge in [0.15, 0.2) is 5.96 Å². The molecule has 0 aliphatic rings. The van der Waals surface area contributed by atoms with Crippen molar-refractivity contribution in [1.29, 1.82) is 0 Å². The lowest BCUT2D eigenvalue weighted by Crippen LogP contribution is -2.39. The monoisotopic (exact) mass is 471 g/mol. The third-order valence-corrected chi connectivity index (χ3v) is 4.09. The van der Waals surface area contributed by atoms with Crippen LogP contribution >= 0.6 is 24.0 Å². The number of halogens is 1. The number of aliphatic imine (C=N–C) groups is 1. The van der Waals surface area contributed by atoms with E-state index in [9.17, 15) is 0 Å². The highest BCUT2D eigenvalue weighted by atomic mass is 127. The molecule has 0 radical (unpaired) electrons. The maximum absolute atomic E-state index is 5.68. The molecule has 7 heteroatoms. The maximum atomic E-state index is 5.68. The number of aromatic nitrogens is 2. The summed E-state index contributed by atoms with van der Waals surface area (Å²) in [6.07, 6.45) is 1.90. The van der Waals surface area contributed by atoms with Crippen LogP contribution in [0.15, 0.2) is 35.3 Å². The lowest BCUT2D eigenvalue weighted by molar-refractivity contribution is 0.322. The molecule has 2 aromatic rings. The van der Waals surface area contributed by atoms with Crippen molar-refractivity contribution < 1.29 is 4.74 Å². The zero-order chi connectivity index (χ0) is 18.1. The van der Waals surface area contributed by atoms with Gasteiger partial charge in [-0.1, -0.05) is 32.0 Å². The van der Waals surface area contributed by atoms with Crippen LogP contribution in [0.4, 0.5) is 0 Å². The molecule has 144 valence electrons. The summed E-state index contributed by atoms with van der Waals surface area (Å²) < 4.78 is 7.67. The summed E-state index contributed by atoms with van der Waals surface area (Å²) in [4.78, 5) is 4.28. The van der Waals surface area contributed by atoms with Gasteiger partial charge in [-0.2, -0.15) is 5.10 Å². The Balaban J connectivity index is 0.00000338. The molecule has 2 rings (SSSR count). The molecule has 6 nitrogen and oxygen atoms in total. The van der Waals surface area contributed by atoms with E-state index in [2.05, 4.69) is 34.6 Å². The van der Waals surface area contributed by atoms with E-state index in [-0.39, 0.29) is 24.0 Å². The third kappa shape index (κ3) is 6.19. The molecule has 26 heavy (non-hydrogen) atoms. The van der Waals surface area contributed by atoms with Gasteiger partial charge in [0, 0.05) is 31.9 Å². The van der Waals surface area contributed by atoms with Crippen molar-refractivity contribution in [2.75, 3.05) is 20.2 Å². The second-order valence-corrected chi connectivity index (χ2v) is 5.72. The Labute approximate surface area is 173 Å². The van der Waals surface area contributed by atoms with Crippen LogP contribution < -0.4 is 15.4 Å². The molecule has 1 aromatic carbocycles. The van der Waals surface area contributed by atoms with E-state index >= 15 is 0 Å². The van der Waals surface area contributed by atoms with E-state index in [4.69, 9.17) is 4.74 Å². The van der Waals surface area contributed by atoms with Gasteiger partial charge in [-0.15, -0.1) is 24.0 Å². The Bertz CT molecular complexity index is 685. The number of para-hydroxylation sites is 1. The molecule has 0 spiro atoms. The Morgan fingerprint density at radius 3 is 2.50 bits per heavy atom. The van der Waals surface area contributed by atoms with E-state index in [1.807, 2.05) is 42.1 Å². The SMILES string of the molecule is CCc1nn(C)c(CC)c1CNC(=NC)NCCOc1ccccc1.I. The van der Waals surface area contributed by atoms with Crippen molar-refractivity contribution in [2.45, 2.75) is 33.2 Å². The van der Waals surface area contributed by atoms with Crippen LogP contribution in [0.3, 0.4) is 0 Å². The topological polar surface area (TPSA) is 63.5 Å². The minimum atomic E-state index is 0. The number of rotatable bonds is 8. The summed E-state index contributed by atoms with van der Waals surface area (Å²) in [5.41, 5.74) is 3.69. The highest BCUT2D eigenvalue weighted by Crippen LogP contribution is 2.15. The minimum absolute atomic E-state index is 0. The van der Waals surface area contributed by atoms with Crippen molar-refractivity contribution >= 4 is 29.9 Å². The Morgan fingerprint density at radius 1 is 1.15 bits per heavy atom. The van der Waals surface area contributed by atoms with Crippen LogP contribution in [0.25, 0.3) is 0 Å². The number of hydrogen-bond donors (Lipinski definition) is 2. The summed E-state index contributed by atoms with van der Waals surface area (Å²) in [5.74, 6) is 1.65. The van der Waals surface area contributed by atoms with Crippen molar-refractivity contribution in [3.63, 3.8) is 0 Å². The van der Waals surface area contributed by atoms with Gasteiger partial charge in [0.05, 0.1) is 12.2 Å². The van der Waals surface area contributed by atoms with E-state index < -0.39 is 0 Å². The summed E-state index contributed by atoms with van der Waals surface area (Å²) in [7, 11) is 3.79. The van der Waals surface area contributed by atoms with Crippen molar-refractivity contribution in [1.82, 2.24) is 20.4 Å². The predicted molar refractivity (Wildman–Crippen MR) is 118 cm³/mol. The molecule has 0 aliphatic carbocycles. The van der Waals surface area contributed by atoms with Crippen LogP contribution in [-0.2, 0) is 26.4 Å². The zero-order valence-corrected chi connectivity index (χ0v) is 18.4. The largest absolute Gasteiger partial charge is 0.492 e. The van der Waals surface area contributed by atoms with Gasteiger partial charge in [0.25, 0.3) is 0 Å². The third-order valence-electron chi connectivity index (χ3n) is 4.09. The van der Waals surface area contributed by atoms with E-state index in [1.165, 1.54) is 11.3 Å². The first-order valence-electron chi connectivity index (χ1n) is 8.85. The Hall–Kier alpha value is -1.77. The molecule has 0 saturated heterocycles. The molecule has 1 heterocycles. The molecule has 0 bridgehead atoms. The van der Waals surface area contributed by atoms with Crippen LogP contribution in [0.5, 0.6) is 5.75 Å². The van der Waals surface area contributed by atoms with Gasteiger partial charge >= 0.3 is 0 Å². The van der Waals surface area contributed by atoms with Crippen molar-refractivity contribution in [2.24, 2.45) is 12.0 Å². The number of hydrogen-bond acceptors (Lipinski definition) is 3. The molecular weight excluding hydrogens is 441 g/mol. The highest BCUT2D eigenvalue weighted by molar-refractivity contribution is 14.0. The molecular formula is C19H30IN5O. The first-order chi connectivity index (χ1) is 12.2. The number of guanidine groups is 1. The smallest absolute Gasteiger partial charge is 0.191 e. The first kappa shape index (κ1) is 22.3. The second-order valence-electron chi connectivity index (χ2n) is 5.72. The molecule has 0 aliphatic heterocycles. The van der Waals surface area contributed by atoms with Crippen molar-refractivity contribution in [3.8, 4) is 5.75 Å². The van der Waals surface area contributed by atoms with Crippen LogP contribution in [0.1, 0.15) is 30.8 Å². The zero-order valence-electron chi connectivity index (χ0n) is 16.1. The van der Waals surface area contributed by atoms with Crippen molar-refractivity contribution in [3.05, 3.63) is 47.3 Å². The van der Waals surface area contributed by atoms with E-state index in [1.54, 1.807) is 7.05 Å². The maximum Gasteiger partial charge on any atom is 0.191 e. The van der Waals surface area contributed by atoms with Gasteiger partial charge in [0.1, 0.15) is 12.4 Å². The van der Waals surface area contributed by atoms with Crippen LogP contribution in [0.2, 0.25) is 0 Å². The molecule has 0 amide bonds. The molecule has 0 fully saturated rings. The number of ether oxygens (including phenoxy) is 1. The lowest BCUT2D eigenvalue weighted by atomic mass is 10.1. The quantitative estimate of drug-likeness (QED) is 0.269. The van der Waals surface area contributed by atoms with Crippen LogP contribution in [0, 0.1) is 0 Å². The first-order valence-corrected chi connectivity index (χ1v) is 8.85. The summed E-state index contributed by atoms with van der Waals surface area (Å²) in [6, 6.07) is 9.81. The van der Waals surface area contributed by atoms with E-state index in [0.29, 0.717) is 13.2 Å². The van der Waals surface area contributed by atoms with Crippen LogP contribution in [-0.4, -0.2) is 35.9 Å². The minimum Gasteiger partial charge on any atom is -0.492 e. The van der Waals surface area contributed by atoms with Gasteiger partial charge in [-0.25, -0.2) is 0 Å². The summed E-state index contributed by atoms with van der Waals surface area (Å²) >= 11 is 0. The average Bonchev–Trinajstić information content (AvgIpc) is 2.96. The summed E-state index contributed by atoms with van der Waals surface area (Å²) in [5, 5.41) is 11.3. The normalized spacial score (nSPS) is 11.0. The molecule has 0 atom stereocenters. The number of benzene rings is 1. The lowest BCUT2D eigenvalue weighted by Gasteiger charge is -2.13. The molecule has 0 unspecified atom stereocenters. The highest BCUT2D eigenvalue weighted by Gasteiger charge is 2.13. The Kier molecular flexibility index (Phi) is 10.1. The fourth-order valence-corrected chi connectivity index (χ4v) is 2.84. The summed E-state index contributed by atoms with van der Waals surface area (Å²) in [6.45, 7) is 6.29. The molecule has 0 saturated carbocycles. The molecule has 1 aromatic heterocycles. The Morgan fingerprint density at radius 2 is 1.88 bits per heavy atom. The van der Waals surface area contributed by atoms with Gasteiger partial charge in [0.2, 0.25) is 0 Å². The standard InChI is InChI=1S/C19H29N5O.HI/c1-5-17-16(18(6-2)24(4)23-17)14-22-19(20-3)21-12-13-25-15-10-8-7-9-11-15;/h7-11H,5-6,12-14H2,1-4H3,(H2,20,21,22);1H. The molecule has 2 N–H and O–H groups in total. The van der Waals surface area contributed by atoms with Gasteiger partial charge in [-0.05, 0) is 25.0 Å². The predicted octanol–water partition coefficient (Wildman–Crippen LogP) is 2.91. The fourth-order valence-electron chi connectivity index (χ4n) is 2.84. The second kappa shape index (κ2) is 11.8. The number of aryl methyl sites for hydroxylation is 2. The van der Waals surface area contributed by atoms with E-state index in [0.717, 1.165) is 36.8 Å². The number of nitrogens with zero attached hydrogens (tertiary/aromatic N) is 3. The number of nitrogens with one attached hydrogen (secondary N) is 2. The van der Waals surface area contributed by atoms with Gasteiger partial charge in [-0.3, -0.25) is 9.67 Å². The van der Waals surface area contributed by atoms with Gasteiger partial charge < -0.3 is 15.4 Å².